The number of hydrogen-bond donors (Lipinski definition) is 1. The number of nitro groups is 1. The molecule has 0 radical (unpaired) electrons. The molecule has 0 amide bonds. The zero-order chi connectivity index (χ0) is 20.3. The largest absolute Gasteiger partial charge is 0.508 e. The lowest BCUT2D eigenvalue weighted by Crippen LogP contribution is -2.37. The van der Waals surface area contributed by atoms with Crippen molar-refractivity contribution >= 4 is 28.7 Å². The molecule has 0 saturated heterocycles. The Hall–Kier alpha value is -3.61. The van der Waals surface area contributed by atoms with Crippen LogP contribution >= 0.6 is 0 Å². The van der Waals surface area contributed by atoms with Gasteiger partial charge in [0.2, 0.25) is 0 Å². The van der Waals surface area contributed by atoms with E-state index in [1.807, 2.05) is 12.1 Å². The van der Waals surface area contributed by atoms with Crippen molar-refractivity contribution in [2.75, 3.05) is 0 Å². The summed E-state index contributed by atoms with van der Waals surface area (Å²) >= 11 is 0. The molecule has 2 aromatic carbocycles. The van der Waals surface area contributed by atoms with Crippen molar-refractivity contribution < 1.29 is 19.6 Å². The summed E-state index contributed by atoms with van der Waals surface area (Å²) in [7, 11) is 0. The first-order valence-corrected chi connectivity index (χ1v) is 9.43. The van der Waals surface area contributed by atoms with Crippen LogP contribution in [-0.2, 0) is 4.79 Å². The van der Waals surface area contributed by atoms with Crippen LogP contribution in [0.1, 0.15) is 46.7 Å². The lowest BCUT2D eigenvalue weighted by Gasteiger charge is -2.34. The van der Waals surface area contributed by atoms with Crippen LogP contribution in [0.25, 0.3) is 5.70 Å². The second kappa shape index (κ2) is 6.20. The van der Waals surface area contributed by atoms with Gasteiger partial charge in [0.1, 0.15) is 11.5 Å². The Morgan fingerprint density at radius 3 is 2.55 bits per heavy atom. The Morgan fingerprint density at radius 2 is 1.79 bits per heavy atom. The Morgan fingerprint density at radius 1 is 1.03 bits per heavy atom. The van der Waals surface area contributed by atoms with E-state index in [2.05, 4.69) is 0 Å². The number of phenols is 1. The van der Waals surface area contributed by atoms with Crippen LogP contribution < -0.4 is 0 Å². The van der Waals surface area contributed by atoms with Gasteiger partial charge in [-0.1, -0.05) is 24.3 Å². The van der Waals surface area contributed by atoms with E-state index in [-0.39, 0.29) is 28.6 Å². The summed E-state index contributed by atoms with van der Waals surface area (Å²) in [5.41, 5.74) is 2.76. The number of phenolic OH excluding ortho intramolecular Hbond substituents is 1. The number of carbonyl (C=O) groups is 2. The molecule has 5 rings (SSSR count). The first kappa shape index (κ1) is 17.5. The van der Waals surface area contributed by atoms with Gasteiger partial charge < -0.3 is 5.11 Å². The molecule has 1 saturated carbocycles. The Balaban J connectivity index is 1.78. The average molecular weight is 388 g/mol. The van der Waals surface area contributed by atoms with E-state index in [0.29, 0.717) is 47.4 Å². The molecular weight excluding hydrogens is 372 g/mol. The number of fused-ring (bicyclic) bond motifs is 3. The van der Waals surface area contributed by atoms with Gasteiger partial charge >= 0.3 is 0 Å². The van der Waals surface area contributed by atoms with Crippen LogP contribution in [0.3, 0.4) is 0 Å². The van der Waals surface area contributed by atoms with E-state index < -0.39 is 16.8 Å². The second-order valence-electron chi connectivity index (χ2n) is 7.52. The Labute approximate surface area is 165 Å². The molecule has 0 spiro atoms. The van der Waals surface area contributed by atoms with Crippen LogP contribution in [-0.4, -0.2) is 27.3 Å². The van der Waals surface area contributed by atoms with Crippen LogP contribution in [0.15, 0.2) is 53.0 Å². The maximum atomic E-state index is 13.3. The second-order valence-corrected chi connectivity index (χ2v) is 7.52. The number of rotatable bonds is 2. The summed E-state index contributed by atoms with van der Waals surface area (Å²) in [6.45, 7) is 0. The predicted octanol–water partition coefficient (Wildman–Crippen LogP) is 3.82. The third kappa shape index (κ3) is 2.47. The zero-order valence-corrected chi connectivity index (χ0v) is 15.3. The first-order valence-electron chi connectivity index (χ1n) is 9.43. The molecule has 7 nitrogen and oxygen atoms in total. The molecule has 1 aliphatic heterocycles. The van der Waals surface area contributed by atoms with E-state index in [4.69, 9.17) is 4.99 Å². The molecule has 1 fully saturated rings. The number of ketones is 2. The lowest BCUT2D eigenvalue weighted by molar-refractivity contribution is -0.385. The smallest absolute Gasteiger partial charge is 0.269 e. The number of aliphatic imine (C=N–C) groups is 1. The van der Waals surface area contributed by atoms with Crippen LogP contribution in [0, 0.1) is 16.0 Å². The summed E-state index contributed by atoms with van der Waals surface area (Å²) in [6.07, 6.45) is 1.66. The first-order chi connectivity index (χ1) is 14.0. The molecule has 1 N–H and O–H groups in total. The number of nitro benzene ring substituents is 1. The minimum atomic E-state index is -0.787. The Kier molecular flexibility index (Phi) is 3.74. The van der Waals surface area contributed by atoms with Crippen LogP contribution in [0.5, 0.6) is 5.75 Å². The number of allylic oxidation sites excluding steroid dienone is 1. The maximum Gasteiger partial charge on any atom is 0.269 e. The van der Waals surface area contributed by atoms with Gasteiger partial charge in [-0.05, 0) is 18.9 Å². The fraction of sp³-hybridized carbons (Fsp3) is 0.227. The molecule has 7 heteroatoms. The van der Waals surface area contributed by atoms with E-state index in [1.165, 1.54) is 18.2 Å². The number of aromatic hydroxyl groups is 1. The molecule has 3 aliphatic rings. The van der Waals surface area contributed by atoms with Crippen molar-refractivity contribution in [1.29, 1.82) is 0 Å². The summed E-state index contributed by atoms with van der Waals surface area (Å²) in [6, 6.07) is 10.8. The molecule has 2 aromatic rings. The topological polar surface area (TPSA) is 110 Å². The number of hydrogen-bond acceptors (Lipinski definition) is 6. The SMILES string of the molecule is O=C1C2=C(N=C3CCCC(=O)C3[C@@H]2c2cc([N+](=O)[O-])ccc2O)c2ccccc21. The molecule has 29 heavy (non-hydrogen) atoms. The predicted molar refractivity (Wildman–Crippen MR) is 105 cm³/mol. The molecule has 0 aromatic heterocycles. The van der Waals surface area contributed by atoms with Gasteiger partial charge in [0.15, 0.2) is 5.78 Å². The highest BCUT2D eigenvalue weighted by Crippen LogP contribution is 2.51. The van der Waals surface area contributed by atoms with Crippen molar-refractivity contribution in [2.24, 2.45) is 10.9 Å². The van der Waals surface area contributed by atoms with Crippen molar-refractivity contribution in [3.05, 3.63) is 74.8 Å². The summed E-state index contributed by atoms with van der Waals surface area (Å²) in [5.74, 6) is -1.94. The molecule has 2 atom stereocenters. The van der Waals surface area contributed by atoms with Crippen molar-refractivity contribution in [2.45, 2.75) is 25.2 Å². The number of non-ortho nitro benzene ring substituents is 1. The molecule has 1 unspecified atom stereocenters. The average Bonchev–Trinajstić information content (AvgIpc) is 2.99. The number of carbonyl (C=O) groups excluding carboxylic acids is 2. The quantitative estimate of drug-likeness (QED) is 0.621. The molecule has 144 valence electrons. The van der Waals surface area contributed by atoms with Gasteiger partial charge in [-0.2, -0.15) is 0 Å². The van der Waals surface area contributed by atoms with Crippen LogP contribution in [0.4, 0.5) is 5.69 Å². The van der Waals surface area contributed by atoms with E-state index in [0.717, 1.165) is 0 Å². The normalized spacial score (nSPS) is 22.7. The van der Waals surface area contributed by atoms with Gasteiger partial charge in [-0.15, -0.1) is 0 Å². The maximum absolute atomic E-state index is 13.3. The van der Waals surface area contributed by atoms with E-state index in [1.54, 1.807) is 12.1 Å². The van der Waals surface area contributed by atoms with Crippen molar-refractivity contribution in [3.63, 3.8) is 0 Å². The third-order valence-corrected chi connectivity index (χ3v) is 5.95. The fourth-order valence-electron chi connectivity index (χ4n) is 4.69. The summed E-state index contributed by atoms with van der Waals surface area (Å²) in [5, 5.41) is 21.9. The highest BCUT2D eigenvalue weighted by molar-refractivity contribution is 6.25. The minimum Gasteiger partial charge on any atom is -0.508 e. The van der Waals surface area contributed by atoms with Gasteiger partial charge in [0.25, 0.3) is 5.69 Å². The highest BCUT2D eigenvalue weighted by atomic mass is 16.6. The lowest BCUT2D eigenvalue weighted by atomic mass is 9.69. The zero-order valence-electron chi connectivity index (χ0n) is 15.3. The standard InChI is InChI=1S/C22H16N2O5/c25-16-9-8-11(24(28)29)10-14(16)18-19-15(6-3-7-17(19)26)23-21-12-4-1-2-5-13(12)22(27)20(18)21/h1-2,4-5,8-10,18-19,25H,3,6-7H2/t18-,19?/m0/s1. The monoisotopic (exact) mass is 388 g/mol. The number of nitrogens with zero attached hydrogens (tertiary/aromatic N) is 2. The third-order valence-electron chi connectivity index (χ3n) is 5.95. The van der Waals surface area contributed by atoms with Gasteiger partial charge in [0, 0.05) is 52.4 Å². The molecule has 1 heterocycles. The molecule has 2 aliphatic carbocycles. The highest BCUT2D eigenvalue weighted by Gasteiger charge is 2.48. The number of Topliss-reactive ketones (excluding diaryl/α,β-unsaturated/α-hetero) is 2. The fourth-order valence-corrected chi connectivity index (χ4v) is 4.69. The summed E-state index contributed by atoms with van der Waals surface area (Å²) < 4.78 is 0. The van der Waals surface area contributed by atoms with Gasteiger partial charge in [0.05, 0.1) is 16.5 Å². The minimum absolute atomic E-state index is 0.0544. The van der Waals surface area contributed by atoms with Gasteiger partial charge in [-0.25, -0.2) is 0 Å². The van der Waals surface area contributed by atoms with Crippen LogP contribution in [0.2, 0.25) is 0 Å². The van der Waals surface area contributed by atoms with Crippen molar-refractivity contribution in [1.82, 2.24) is 0 Å². The molecule has 0 bridgehead atoms. The van der Waals surface area contributed by atoms with Gasteiger partial charge in [-0.3, -0.25) is 24.7 Å². The van der Waals surface area contributed by atoms with Crippen molar-refractivity contribution in [3.8, 4) is 5.75 Å². The van der Waals surface area contributed by atoms with E-state index >= 15 is 0 Å². The summed E-state index contributed by atoms with van der Waals surface area (Å²) in [4.78, 5) is 41.6. The van der Waals surface area contributed by atoms with E-state index in [9.17, 15) is 24.8 Å². The number of benzene rings is 2. The Bertz CT molecular complexity index is 1180. The molecular formula is C22H16N2O5.